The number of carbonyl (C=O) groups is 1. The minimum absolute atomic E-state index is 0.662. The van der Waals surface area contributed by atoms with Crippen LogP contribution < -0.4 is 4.90 Å². The number of pyridine rings is 1. The average Bonchev–Trinajstić information content (AvgIpc) is 2.49. The van der Waals surface area contributed by atoms with Crippen LogP contribution in [0.2, 0.25) is 0 Å². The maximum absolute atomic E-state index is 10.8. The standard InChI is InChI=1S/C17H18N2O2/c1-3-11-19(4-2)17-14(9-10-16(20)21)12-13-7-5-6-8-15(13)18-17/h3,5-10,12H,1,4,11H2,2H3,(H,20,21)/b10-9+. The highest BCUT2D eigenvalue weighted by atomic mass is 16.4. The van der Waals surface area contributed by atoms with Crippen molar-refractivity contribution in [3.8, 4) is 0 Å². The maximum Gasteiger partial charge on any atom is 0.328 e. The number of nitrogens with zero attached hydrogens (tertiary/aromatic N) is 2. The summed E-state index contributed by atoms with van der Waals surface area (Å²) in [5.74, 6) is -0.200. The summed E-state index contributed by atoms with van der Waals surface area (Å²) in [4.78, 5) is 17.5. The number of fused-ring (bicyclic) bond motifs is 1. The van der Waals surface area contributed by atoms with Crippen LogP contribution in [0.25, 0.3) is 17.0 Å². The van der Waals surface area contributed by atoms with Crippen molar-refractivity contribution >= 4 is 28.8 Å². The molecule has 1 N–H and O–H groups in total. The summed E-state index contributed by atoms with van der Waals surface area (Å²) in [5, 5.41) is 9.83. The van der Waals surface area contributed by atoms with E-state index in [-0.39, 0.29) is 0 Å². The third kappa shape index (κ3) is 3.48. The topological polar surface area (TPSA) is 53.4 Å². The molecule has 1 aromatic heterocycles. The molecule has 0 aliphatic carbocycles. The van der Waals surface area contributed by atoms with Crippen LogP contribution in [0.1, 0.15) is 12.5 Å². The van der Waals surface area contributed by atoms with Crippen LogP contribution in [-0.2, 0) is 4.79 Å². The van der Waals surface area contributed by atoms with Gasteiger partial charge >= 0.3 is 5.97 Å². The molecule has 1 aromatic carbocycles. The van der Waals surface area contributed by atoms with Gasteiger partial charge in [-0.05, 0) is 25.1 Å². The van der Waals surface area contributed by atoms with E-state index in [9.17, 15) is 4.79 Å². The molecule has 0 fully saturated rings. The van der Waals surface area contributed by atoms with Gasteiger partial charge in [0.15, 0.2) is 0 Å². The van der Waals surface area contributed by atoms with E-state index in [1.807, 2.05) is 43.3 Å². The number of carboxylic acids is 1. The molecule has 2 rings (SSSR count). The van der Waals surface area contributed by atoms with E-state index >= 15 is 0 Å². The number of carboxylic acid groups (broad SMARTS) is 1. The third-order valence-electron chi connectivity index (χ3n) is 3.17. The molecule has 0 amide bonds. The van der Waals surface area contributed by atoms with Crippen molar-refractivity contribution in [3.63, 3.8) is 0 Å². The summed E-state index contributed by atoms with van der Waals surface area (Å²) in [6, 6.07) is 9.76. The SMILES string of the molecule is C=CCN(CC)c1nc2ccccc2cc1/C=C/C(=O)O. The second kappa shape index (κ2) is 6.70. The predicted molar refractivity (Wildman–Crippen MR) is 86.5 cm³/mol. The Morgan fingerprint density at radius 1 is 1.43 bits per heavy atom. The lowest BCUT2D eigenvalue weighted by Crippen LogP contribution is -2.24. The summed E-state index contributed by atoms with van der Waals surface area (Å²) in [6.07, 6.45) is 4.53. The second-order valence-corrected chi connectivity index (χ2v) is 4.59. The van der Waals surface area contributed by atoms with E-state index in [2.05, 4.69) is 16.5 Å². The molecule has 0 bridgehead atoms. The van der Waals surface area contributed by atoms with Crippen molar-refractivity contribution in [2.24, 2.45) is 0 Å². The maximum atomic E-state index is 10.8. The number of likely N-dealkylation sites (N-methyl/N-ethyl adjacent to an activating group) is 1. The van der Waals surface area contributed by atoms with Gasteiger partial charge in [-0.3, -0.25) is 0 Å². The van der Waals surface area contributed by atoms with Gasteiger partial charge in [-0.2, -0.15) is 0 Å². The van der Waals surface area contributed by atoms with Gasteiger partial charge in [-0.15, -0.1) is 6.58 Å². The highest BCUT2D eigenvalue weighted by Crippen LogP contribution is 2.24. The largest absolute Gasteiger partial charge is 0.478 e. The Kier molecular flexibility index (Phi) is 4.72. The van der Waals surface area contributed by atoms with Gasteiger partial charge < -0.3 is 10.0 Å². The number of aliphatic carboxylic acids is 1. The quantitative estimate of drug-likeness (QED) is 0.652. The predicted octanol–water partition coefficient (Wildman–Crippen LogP) is 3.34. The smallest absolute Gasteiger partial charge is 0.328 e. The van der Waals surface area contributed by atoms with Crippen LogP contribution in [0.3, 0.4) is 0 Å². The minimum atomic E-state index is -0.971. The molecule has 0 saturated heterocycles. The van der Waals surface area contributed by atoms with E-state index in [1.54, 1.807) is 6.08 Å². The number of aromatic nitrogens is 1. The lowest BCUT2D eigenvalue weighted by Gasteiger charge is -2.22. The Labute approximate surface area is 124 Å². The number of rotatable bonds is 6. The van der Waals surface area contributed by atoms with Gasteiger partial charge in [0.2, 0.25) is 0 Å². The van der Waals surface area contributed by atoms with Crippen LogP contribution in [0.4, 0.5) is 5.82 Å². The summed E-state index contributed by atoms with van der Waals surface area (Å²) in [5.41, 5.74) is 1.68. The number of hydrogen-bond donors (Lipinski definition) is 1. The molecular weight excluding hydrogens is 264 g/mol. The Morgan fingerprint density at radius 2 is 2.19 bits per heavy atom. The molecular formula is C17H18N2O2. The molecule has 108 valence electrons. The summed E-state index contributed by atoms with van der Waals surface area (Å²) in [6.45, 7) is 7.22. The fourth-order valence-electron chi connectivity index (χ4n) is 2.18. The Hall–Kier alpha value is -2.62. The molecule has 0 unspecified atom stereocenters. The van der Waals surface area contributed by atoms with Crippen molar-refractivity contribution in [2.75, 3.05) is 18.0 Å². The monoisotopic (exact) mass is 282 g/mol. The molecule has 4 heteroatoms. The van der Waals surface area contributed by atoms with Crippen molar-refractivity contribution in [1.82, 2.24) is 4.98 Å². The van der Waals surface area contributed by atoms with E-state index in [1.165, 1.54) is 0 Å². The lowest BCUT2D eigenvalue weighted by atomic mass is 10.1. The first-order chi connectivity index (χ1) is 10.2. The summed E-state index contributed by atoms with van der Waals surface area (Å²) in [7, 11) is 0. The molecule has 0 aliphatic heterocycles. The van der Waals surface area contributed by atoms with Crippen LogP contribution >= 0.6 is 0 Å². The Balaban J connectivity index is 2.60. The molecule has 0 aliphatic rings. The molecule has 4 nitrogen and oxygen atoms in total. The van der Waals surface area contributed by atoms with Gasteiger partial charge in [-0.1, -0.05) is 24.3 Å². The number of anilines is 1. The fourth-order valence-corrected chi connectivity index (χ4v) is 2.18. The molecule has 1 heterocycles. The van der Waals surface area contributed by atoms with E-state index in [4.69, 9.17) is 5.11 Å². The van der Waals surface area contributed by atoms with Gasteiger partial charge in [-0.25, -0.2) is 9.78 Å². The minimum Gasteiger partial charge on any atom is -0.478 e. The normalized spacial score (nSPS) is 10.9. The fraction of sp³-hybridized carbons (Fsp3) is 0.176. The first kappa shape index (κ1) is 14.8. The van der Waals surface area contributed by atoms with Crippen LogP contribution in [-0.4, -0.2) is 29.1 Å². The molecule has 0 radical (unpaired) electrons. The van der Waals surface area contributed by atoms with E-state index < -0.39 is 5.97 Å². The summed E-state index contributed by atoms with van der Waals surface area (Å²) < 4.78 is 0. The number of benzene rings is 1. The van der Waals surface area contributed by atoms with E-state index in [0.717, 1.165) is 34.9 Å². The Bertz CT molecular complexity index is 692. The summed E-state index contributed by atoms with van der Waals surface area (Å²) >= 11 is 0. The van der Waals surface area contributed by atoms with Gasteiger partial charge in [0.25, 0.3) is 0 Å². The molecule has 0 spiro atoms. The van der Waals surface area contributed by atoms with Gasteiger partial charge in [0.05, 0.1) is 5.52 Å². The molecule has 21 heavy (non-hydrogen) atoms. The zero-order valence-corrected chi connectivity index (χ0v) is 12.0. The first-order valence-electron chi connectivity index (χ1n) is 6.82. The van der Waals surface area contributed by atoms with Crippen LogP contribution in [0.15, 0.2) is 49.1 Å². The molecule has 2 aromatic rings. The van der Waals surface area contributed by atoms with Gasteiger partial charge in [0.1, 0.15) is 5.82 Å². The third-order valence-corrected chi connectivity index (χ3v) is 3.17. The molecule has 0 saturated carbocycles. The Morgan fingerprint density at radius 3 is 2.86 bits per heavy atom. The highest BCUT2D eigenvalue weighted by Gasteiger charge is 2.11. The molecule has 0 atom stereocenters. The first-order valence-corrected chi connectivity index (χ1v) is 6.82. The number of para-hydroxylation sites is 1. The zero-order valence-electron chi connectivity index (χ0n) is 12.0. The second-order valence-electron chi connectivity index (χ2n) is 4.59. The lowest BCUT2D eigenvalue weighted by molar-refractivity contribution is -0.131. The van der Waals surface area contributed by atoms with Crippen molar-refractivity contribution in [3.05, 3.63) is 54.6 Å². The van der Waals surface area contributed by atoms with Crippen LogP contribution in [0, 0.1) is 0 Å². The van der Waals surface area contributed by atoms with Gasteiger partial charge in [0, 0.05) is 30.1 Å². The van der Waals surface area contributed by atoms with Crippen molar-refractivity contribution in [2.45, 2.75) is 6.92 Å². The van der Waals surface area contributed by atoms with Crippen molar-refractivity contribution < 1.29 is 9.90 Å². The van der Waals surface area contributed by atoms with Crippen LogP contribution in [0.5, 0.6) is 0 Å². The van der Waals surface area contributed by atoms with Crippen molar-refractivity contribution in [1.29, 1.82) is 0 Å². The van der Waals surface area contributed by atoms with E-state index in [0.29, 0.717) is 6.54 Å². The zero-order chi connectivity index (χ0) is 15.2. The highest BCUT2D eigenvalue weighted by molar-refractivity contribution is 5.90. The average molecular weight is 282 g/mol. The number of hydrogen-bond acceptors (Lipinski definition) is 3.